The summed E-state index contributed by atoms with van der Waals surface area (Å²) in [7, 11) is -1.44. The minimum absolute atomic E-state index is 0.0556. The van der Waals surface area contributed by atoms with Crippen LogP contribution in [0.5, 0.6) is 0 Å². The summed E-state index contributed by atoms with van der Waals surface area (Å²) in [5, 5.41) is 2.98. The number of nitrogens with one attached hydrogen (secondary N) is 1. The largest absolute Gasteiger partial charge is 0.465 e. The van der Waals surface area contributed by atoms with Crippen molar-refractivity contribution in [3.05, 3.63) is 29.3 Å². The standard InChI is InChI=1S/C15H19F3N2O4S/c1-19-10-4-3-7-20(9-10)25(22,23)11-5-6-12(14(21)24-2)13(8-11)15(16,17)18/h5-6,8,10,19H,3-4,7,9H2,1-2H3. The number of esters is 1. The Labute approximate surface area is 144 Å². The maximum absolute atomic E-state index is 13.2. The molecule has 1 unspecified atom stereocenters. The molecule has 1 aromatic carbocycles. The molecule has 1 aliphatic rings. The first-order valence-electron chi connectivity index (χ1n) is 7.58. The zero-order valence-corrected chi connectivity index (χ0v) is 14.6. The van der Waals surface area contributed by atoms with E-state index in [1.165, 1.54) is 0 Å². The van der Waals surface area contributed by atoms with Gasteiger partial charge in [0.15, 0.2) is 0 Å². The lowest BCUT2D eigenvalue weighted by atomic mass is 10.1. The lowest BCUT2D eigenvalue weighted by Gasteiger charge is -2.31. The van der Waals surface area contributed by atoms with Gasteiger partial charge in [0.25, 0.3) is 0 Å². The number of piperidine rings is 1. The molecule has 1 aliphatic heterocycles. The molecule has 0 saturated carbocycles. The van der Waals surface area contributed by atoms with Crippen molar-refractivity contribution in [1.29, 1.82) is 0 Å². The Bertz CT molecular complexity index is 750. The summed E-state index contributed by atoms with van der Waals surface area (Å²) in [5.74, 6) is -1.18. The SMILES string of the molecule is CNC1CCCN(S(=O)(=O)c2ccc(C(=O)OC)c(C(F)(F)F)c2)C1. The normalized spacial score (nSPS) is 19.6. The highest BCUT2D eigenvalue weighted by molar-refractivity contribution is 7.89. The average Bonchev–Trinajstić information content (AvgIpc) is 2.59. The molecule has 0 aromatic heterocycles. The third-order valence-electron chi connectivity index (χ3n) is 4.13. The number of nitrogens with zero attached hydrogens (tertiary/aromatic N) is 1. The van der Waals surface area contributed by atoms with Crippen molar-refractivity contribution in [2.45, 2.75) is 30.0 Å². The van der Waals surface area contributed by atoms with Gasteiger partial charge in [0.1, 0.15) is 0 Å². The summed E-state index contributed by atoms with van der Waals surface area (Å²) in [6.45, 7) is 0.416. The molecule has 1 saturated heterocycles. The van der Waals surface area contributed by atoms with Crippen LogP contribution in [0.1, 0.15) is 28.8 Å². The number of methoxy groups -OCH3 is 1. The van der Waals surface area contributed by atoms with Crippen molar-refractivity contribution in [2.75, 3.05) is 27.2 Å². The van der Waals surface area contributed by atoms with Crippen molar-refractivity contribution in [3.8, 4) is 0 Å². The van der Waals surface area contributed by atoms with Gasteiger partial charge >= 0.3 is 12.1 Å². The molecule has 6 nitrogen and oxygen atoms in total. The van der Waals surface area contributed by atoms with Crippen LogP contribution in [0.2, 0.25) is 0 Å². The number of carbonyl (C=O) groups excluding carboxylic acids is 1. The van der Waals surface area contributed by atoms with Gasteiger partial charge in [-0.05, 0) is 38.1 Å². The predicted octanol–water partition coefficient (Wildman–Crippen LogP) is 1.86. The van der Waals surface area contributed by atoms with Crippen LogP contribution < -0.4 is 5.32 Å². The fourth-order valence-electron chi connectivity index (χ4n) is 2.75. The number of hydrogen-bond donors (Lipinski definition) is 1. The maximum Gasteiger partial charge on any atom is 0.417 e. The number of alkyl halides is 3. The molecular weight excluding hydrogens is 361 g/mol. The van der Waals surface area contributed by atoms with Crippen LogP contribution in [-0.2, 0) is 20.9 Å². The zero-order chi connectivity index (χ0) is 18.8. The quantitative estimate of drug-likeness (QED) is 0.807. The Balaban J connectivity index is 2.46. The number of benzene rings is 1. The van der Waals surface area contributed by atoms with E-state index in [2.05, 4.69) is 10.1 Å². The summed E-state index contributed by atoms with van der Waals surface area (Å²) >= 11 is 0. The maximum atomic E-state index is 13.2. The summed E-state index contributed by atoms with van der Waals surface area (Å²) < 4.78 is 70.6. The first-order valence-corrected chi connectivity index (χ1v) is 9.02. The summed E-state index contributed by atoms with van der Waals surface area (Å²) in [6.07, 6.45) is -3.49. The van der Waals surface area contributed by atoms with Crippen LogP contribution in [0.15, 0.2) is 23.1 Å². The van der Waals surface area contributed by atoms with Crippen LogP contribution >= 0.6 is 0 Å². The van der Waals surface area contributed by atoms with Crippen molar-refractivity contribution in [2.24, 2.45) is 0 Å². The Kier molecular flexibility index (Phi) is 5.75. The highest BCUT2D eigenvalue weighted by Gasteiger charge is 2.38. The van der Waals surface area contributed by atoms with Crippen molar-refractivity contribution in [1.82, 2.24) is 9.62 Å². The van der Waals surface area contributed by atoms with Gasteiger partial charge in [-0.15, -0.1) is 0 Å². The van der Waals surface area contributed by atoms with Crippen molar-refractivity contribution < 1.29 is 31.1 Å². The van der Waals surface area contributed by atoms with Gasteiger partial charge < -0.3 is 10.1 Å². The first-order chi connectivity index (χ1) is 11.6. The van der Waals surface area contributed by atoms with E-state index in [1.54, 1.807) is 7.05 Å². The van der Waals surface area contributed by atoms with Gasteiger partial charge in [-0.1, -0.05) is 0 Å². The lowest BCUT2D eigenvalue weighted by molar-refractivity contribution is -0.138. The second kappa shape index (κ2) is 7.30. The number of carbonyl (C=O) groups is 1. The summed E-state index contributed by atoms with van der Waals surface area (Å²) in [6, 6.07) is 2.27. The van der Waals surface area contributed by atoms with Gasteiger partial charge in [0.2, 0.25) is 10.0 Å². The van der Waals surface area contributed by atoms with Crippen molar-refractivity contribution >= 4 is 16.0 Å². The second-order valence-corrected chi connectivity index (χ2v) is 7.63. The molecule has 1 aromatic rings. The molecule has 0 bridgehead atoms. The van der Waals surface area contributed by atoms with Gasteiger partial charge in [-0.3, -0.25) is 0 Å². The highest BCUT2D eigenvalue weighted by Crippen LogP contribution is 2.34. The molecule has 10 heteroatoms. The Morgan fingerprint density at radius 2 is 2.04 bits per heavy atom. The smallest absolute Gasteiger partial charge is 0.417 e. The predicted molar refractivity (Wildman–Crippen MR) is 83.6 cm³/mol. The molecule has 1 N–H and O–H groups in total. The van der Waals surface area contributed by atoms with E-state index in [-0.39, 0.29) is 19.1 Å². The highest BCUT2D eigenvalue weighted by atomic mass is 32.2. The monoisotopic (exact) mass is 380 g/mol. The number of hydrogen-bond acceptors (Lipinski definition) is 5. The minimum Gasteiger partial charge on any atom is -0.465 e. The average molecular weight is 380 g/mol. The van der Waals surface area contributed by atoms with Crippen LogP contribution in [0.3, 0.4) is 0 Å². The Morgan fingerprint density at radius 1 is 1.36 bits per heavy atom. The molecule has 140 valence electrons. The molecule has 0 spiro atoms. The fourth-order valence-corrected chi connectivity index (χ4v) is 4.30. The van der Waals surface area contributed by atoms with Gasteiger partial charge in [0.05, 0.1) is 23.1 Å². The zero-order valence-electron chi connectivity index (χ0n) is 13.8. The number of halogens is 3. The third-order valence-corrected chi connectivity index (χ3v) is 5.99. The number of likely N-dealkylation sites (N-methyl/N-ethyl adjacent to an activating group) is 1. The van der Waals surface area contributed by atoms with Gasteiger partial charge in [-0.2, -0.15) is 17.5 Å². The van der Waals surface area contributed by atoms with Crippen LogP contribution in [0, 0.1) is 0 Å². The minimum atomic E-state index is -4.88. The van der Waals surface area contributed by atoms with Crippen LogP contribution in [-0.4, -0.2) is 52.0 Å². The molecule has 1 fully saturated rings. The van der Waals surface area contributed by atoms with E-state index in [0.717, 1.165) is 30.0 Å². The first kappa shape index (κ1) is 19.7. The number of rotatable bonds is 4. The molecular formula is C15H19F3N2O4S. The molecule has 2 rings (SSSR count). The van der Waals surface area contributed by atoms with Crippen LogP contribution in [0.25, 0.3) is 0 Å². The van der Waals surface area contributed by atoms with E-state index < -0.39 is 38.2 Å². The number of ether oxygens (including phenoxy) is 1. The molecule has 0 aliphatic carbocycles. The van der Waals surface area contributed by atoms with E-state index >= 15 is 0 Å². The Hall–Kier alpha value is -1.65. The van der Waals surface area contributed by atoms with E-state index in [0.29, 0.717) is 12.5 Å². The topological polar surface area (TPSA) is 75.7 Å². The molecule has 1 heterocycles. The van der Waals surface area contributed by atoms with Gasteiger partial charge in [-0.25, -0.2) is 13.2 Å². The van der Waals surface area contributed by atoms with Crippen molar-refractivity contribution in [3.63, 3.8) is 0 Å². The number of sulfonamides is 1. The summed E-state index contributed by atoms with van der Waals surface area (Å²) in [4.78, 5) is 11.0. The van der Waals surface area contributed by atoms with Crippen LogP contribution in [0.4, 0.5) is 13.2 Å². The van der Waals surface area contributed by atoms with E-state index in [1.807, 2.05) is 0 Å². The Morgan fingerprint density at radius 3 is 2.60 bits per heavy atom. The lowest BCUT2D eigenvalue weighted by Crippen LogP contribution is -2.46. The molecule has 25 heavy (non-hydrogen) atoms. The fraction of sp³-hybridized carbons (Fsp3) is 0.533. The summed E-state index contributed by atoms with van der Waals surface area (Å²) in [5.41, 5.74) is -2.05. The van der Waals surface area contributed by atoms with Gasteiger partial charge in [0, 0.05) is 19.1 Å². The van der Waals surface area contributed by atoms with E-state index in [9.17, 15) is 26.4 Å². The molecule has 1 atom stereocenters. The molecule has 0 amide bonds. The second-order valence-electron chi connectivity index (χ2n) is 5.69. The molecule has 0 radical (unpaired) electrons. The third kappa shape index (κ3) is 4.13. The van der Waals surface area contributed by atoms with E-state index in [4.69, 9.17) is 0 Å².